The number of amides is 1. The van der Waals surface area contributed by atoms with E-state index in [1.807, 2.05) is 77.7 Å². The number of carbonyl (C=O) groups excluding carboxylic acids is 2. The molecule has 6 heteroatoms. The van der Waals surface area contributed by atoms with E-state index in [-0.39, 0.29) is 17.6 Å². The number of hydrogen-bond donors (Lipinski definition) is 0. The second-order valence-corrected chi connectivity index (χ2v) is 9.07. The Morgan fingerprint density at radius 3 is 2.20 bits per heavy atom. The molecule has 0 aromatic heterocycles. The Bertz CT molecular complexity index is 1160. The Labute approximate surface area is 206 Å². The SMILES string of the molecule is O=C(c1ccc2c(c1)OCCO2)C1CCN(CC(=O)N(Cc2ccccc2)c2ccccc2)CC1. The molecule has 0 unspecified atom stereocenters. The third-order valence-electron chi connectivity index (χ3n) is 6.70. The highest BCUT2D eigenvalue weighted by Gasteiger charge is 2.29. The fraction of sp³-hybridized carbons (Fsp3) is 0.310. The molecule has 1 fully saturated rings. The zero-order valence-corrected chi connectivity index (χ0v) is 19.8. The number of likely N-dealkylation sites (tertiary alicyclic amines) is 1. The van der Waals surface area contributed by atoms with Gasteiger partial charge in [-0.3, -0.25) is 14.5 Å². The van der Waals surface area contributed by atoms with Gasteiger partial charge in [-0.1, -0.05) is 48.5 Å². The van der Waals surface area contributed by atoms with Crippen LogP contribution in [0.4, 0.5) is 5.69 Å². The van der Waals surface area contributed by atoms with E-state index >= 15 is 0 Å². The van der Waals surface area contributed by atoms with Gasteiger partial charge < -0.3 is 14.4 Å². The van der Waals surface area contributed by atoms with E-state index in [1.165, 1.54) is 0 Å². The summed E-state index contributed by atoms with van der Waals surface area (Å²) in [5.74, 6) is 1.50. The molecule has 0 saturated carbocycles. The molecule has 2 aliphatic rings. The quantitative estimate of drug-likeness (QED) is 0.473. The van der Waals surface area contributed by atoms with E-state index in [1.54, 1.807) is 6.07 Å². The maximum Gasteiger partial charge on any atom is 0.241 e. The number of anilines is 1. The van der Waals surface area contributed by atoms with Gasteiger partial charge in [0.05, 0.1) is 13.1 Å². The van der Waals surface area contributed by atoms with Crippen LogP contribution in [0.2, 0.25) is 0 Å². The molecule has 0 atom stereocenters. The summed E-state index contributed by atoms with van der Waals surface area (Å²) in [6, 6.07) is 25.3. The second kappa shape index (κ2) is 10.7. The number of hydrogen-bond acceptors (Lipinski definition) is 5. The van der Waals surface area contributed by atoms with Gasteiger partial charge in [0.15, 0.2) is 17.3 Å². The van der Waals surface area contributed by atoms with E-state index in [0.717, 1.165) is 37.2 Å². The van der Waals surface area contributed by atoms with Crippen LogP contribution in [-0.2, 0) is 11.3 Å². The Hall–Kier alpha value is -3.64. The van der Waals surface area contributed by atoms with Gasteiger partial charge in [-0.15, -0.1) is 0 Å². The van der Waals surface area contributed by atoms with Gasteiger partial charge in [-0.2, -0.15) is 0 Å². The maximum absolute atomic E-state index is 13.4. The Balaban J connectivity index is 1.20. The first-order valence-electron chi connectivity index (χ1n) is 12.2. The molecule has 3 aromatic carbocycles. The molecule has 0 aliphatic carbocycles. The summed E-state index contributed by atoms with van der Waals surface area (Å²) in [4.78, 5) is 30.5. The van der Waals surface area contributed by atoms with Crippen LogP contribution in [0, 0.1) is 5.92 Å². The van der Waals surface area contributed by atoms with Crippen molar-refractivity contribution in [1.29, 1.82) is 0 Å². The molecular weight excluding hydrogens is 440 g/mol. The molecule has 0 N–H and O–H groups in total. The molecule has 2 heterocycles. The zero-order valence-electron chi connectivity index (χ0n) is 19.8. The van der Waals surface area contributed by atoms with Crippen molar-refractivity contribution in [1.82, 2.24) is 4.90 Å². The summed E-state index contributed by atoms with van der Waals surface area (Å²) < 4.78 is 11.2. The third-order valence-corrected chi connectivity index (χ3v) is 6.70. The Morgan fingerprint density at radius 2 is 1.49 bits per heavy atom. The molecular formula is C29H30N2O4. The van der Waals surface area contributed by atoms with E-state index in [9.17, 15) is 9.59 Å². The topological polar surface area (TPSA) is 59.1 Å². The van der Waals surface area contributed by atoms with Gasteiger partial charge in [-0.25, -0.2) is 0 Å². The predicted octanol–water partition coefficient (Wildman–Crippen LogP) is 4.59. The van der Waals surface area contributed by atoms with Crippen molar-refractivity contribution in [2.24, 2.45) is 5.92 Å². The summed E-state index contributed by atoms with van der Waals surface area (Å²) >= 11 is 0. The summed E-state index contributed by atoms with van der Waals surface area (Å²) in [6.45, 7) is 3.35. The minimum atomic E-state index is -0.0431. The van der Waals surface area contributed by atoms with Crippen molar-refractivity contribution in [2.45, 2.75) is 19.4 Å². The van der Waals surface area contributed by atoms with Crippen LogP contribution in [0.1, 0.15) is 28.8 Å². The monoisotopic (exact) mass is 470 g/mol. The number of carbonyl (C=O) groups is 2. The maximum atomic E-state index is 13.4. The van der Waals surface area contributed by atoms with Gasteiger partial charge in [0.25, 0.3) is 0 Å². The first-order valence-corrected chi connectivity index (χ1v) is 12.2. The largest absolute Gasteiger partial charge is 0.486 e. The van der Waals surface area contributed by atoms with Crippen LogP contribution in [0.25, 0.3) is 0 Å². The van der Waals surface area contributed by atoms with E-state index in [4.69, 9.17) is 9.47 Å². The lowest BCUT2D eigenvalue weighted by molar-refractivity contribution is -0.120. The van der Waals surface area contributed by atoms with Crippen molar-refractivity contribution in [3.63, 3.8) is 0 Å². The fourth-order valence-electron chi connectivity index (χ4n) is 4.76. The molecule has 5 rings (SSSR count). The zero-order chi connectivity index (χ0) is 24.0. The lowest BCUT2D eigenvalue weighted by Gasteiger charge is -2.33. The van der Waals surface area contributed by atoms with Crippen molar-refractivity contribution in [3.05, 3.63) is 90.0 Å². The third kappa shape index (κ3) is 5.54. The number of para-hydroxylation sites is 1. The smallest absolute Gasteiger partial charge is 0.241 e. The minimum absolute atomic E-state index is 0.0431. The number of rotatable bonds is 7. The van der Waals surface area contributed by atoms with Crippen molar-refractivity contribution in [3.8, 4) is 11.5 Å². The molecule has 0 radical (unpaired) electrons. The lowest BCUT2D eigenvalue weighted by atomic mass is 9.88. The predicted molar refractivity (Wildman–Crippen MR) is 135 cm³/mol. The number of ether oxygens (including phenoxy) is 2. The Kier molecular flexibility index (Phi) is 7.09. The van der Waals surface area contributed by atoms with E-state index in [0.29, 0.717) is 43.4 Å². The van der Waals surface area contributed by atoms with Gasteiger partial charge in [0.2, 0.25) is 5.91 Å². The highest BCUT2D eigenvalue weighted by Crippen LogP contribution is 2.32. The summed E-state index contributed by atoms with van der Waals surface area (Å²) in [5.41, 5.74) is 2.65. The normalized spacial score (nSPS) is 16.0. The fourth-order valence-corrected chi connectivity index (χ4v) is 4.76. The van der Waals surface area contributed by atoms with Gasteiger partial charge in [-0.05, 0) is 61.8 Å². The minimum Gasteiger partial charge on any atom is -0.486 e. The highest BCUT2D eigenvalue weighted by molar-refractivity contribution is 5.98. The number of nitrogens with zero attached hydrogens (tertiary/aromatic N) is 2. The average molecular weight is 471 g/mol. The number of fused-ring (bicyclic) bond motifs is 1. The van der Waals surface area contributed by atoms with Crippen LogP contribution >= 0.6 is 0 Å². The van der Waals surface area contributed by atoms with Crippen molar-refractivity contribution in [2.75, 3.05) is 37.7 Å². The molecule has 1 saturated heterocycles. The molecule has 2 aliphatic heterocycles. The molecule has 0 spiro atoms. The molecule has 35 heavy (non-hydrogen) atoms. The number of piperidine rings is 1. The van der Waals surface area contributed by atoms with Crippen molar-refractivity contribution >= 4 is 17.4 Å². The second-order valence-electron chi connectivity index (χ2n) is 9.07. The lowest BCUT2D eigenvalue weighted by Crippen LogP contribution is -2.44. The highest BCUT2D eigenvalue weighted by atomic mass is 16.6. The molecule has 180 valence electrons. The van der Waals surface area contributed by atoms with Gasteiger partial charge in [0.1, 0.15) is 13.2 Å². The molecule has 6 nitrogen and oxygen atoms in total. The number of ketones is 1. The Morgan fingerprint density at radius 1 is 0.829 bits per heavy atom. The van der Waals surface area contributed by atoms with E-state index < -0.39 is 0 Å². The van der Waals surface area contributed by atoms with Gasteiger partial charge in [0, 0.05) is 17.2 Å². The number of Topliss-reactive ketones (excluding diaryl/α,β-unsaturated/α-hetero) is 1. The first kappa shape index (κ1) is 23.1. The average Bonchev–Trinajstić information content (AvgIpc) is 2.92. The van der Waals surface area contributed by atoms with Crippen LogP contribution < -0.4 is 14.4 Å². The summed E-state index contributed by atoms with van der Waals surface area (Å²) in [6.07, 6.45) is 1.48. The number of benzene rings is 3. The molecule has 0 bridgehead atoms. The summed E-state index contributed by atoms with van der Waals surface area (Å²) in [5, 5.41) is 0. The first-order chi connectivity index (χ1) is 17.2. The summed E-state index contributed by atoms with van der Waals surface area (Å²) in [7, 11) is 0. The van der Waals surface area contributed by atoms with Gasteiger partial charge >= 0.3 is 0 Å². The standard InChI is InChI=1S/C29H30N2O4/c32-28(31(25-9-5-2-6-10-25)20-22-7-3-1-4-8-22)21-30-15-13-23(14-16-30)29(33)24-11-12-26-27(19-24)35-18-17-34-26/h1-12,19,23H,13-18,20-21H2. The van der Waals surface area contributed by atoms with Crippen LogP contribution in [0.5, 0.6) is 11.5 Å². The van der Waals surface area contributed by atoms with Crippen LogP contribution in [-0.4, -0.2) is 49.4 Å². The molecule has 3 aromatic rings. The van der Waals surface area contributed by atoms with Crippen LogP contribution in [0.3, 0.4) is 0 Å². The van der Waals surface area contributed by atoms with E-state index in [2.05, 4.69) is 4.90 Å². The molecule has 1 amide bonds. The van der Waals surface area contributed by atoms with Crippen molar-refractivity contribution < 1.29 is 19.1 Å². The van der Waals surface area contributed by atoms with Crippen LogP contribution in [0.15, 0.2) is 78.9 Å².